The van der Waals surface area contributed by atoms with Crippen molar-refractivity contribution in [2.24, 2.45) is 5.73 Å². The maximum atomic E-state index is 13.4. The number of benzene rings is 2. The zero-order chi connectivity index (χ0) is 21.3. The van der Waals surface area contributed by atoms with Crippen molar-refractivity contribution in [1.82, 2.24) is 0 Å². The summed E-state index contributed by atoms with van der Waals surface area (Å²) in [6, 6.07) is 13.7. The third-order valence-electron chi connectivity index (χ3n) is 5.18. The van der Waals surface area contributed by atoms with Crippen LogP contribution in [0.2, 0.25) is 0 Å². The second-order valence-corrected chi connectivity index (χ2v) is 8.00. The minimum atomic E-state index is -0.569. The first-order chi connectivity index (χ1) is 14.5. The van der Waals surface area contributed by atoms with Gasteiger partial charge in [-0.1, -0.05) is 18.2 Å². The number of carbonyl (C=O) groups is 1. The van der Waals surface area contributed by atoms with Crippen molar-refractivity contribution in [3.8, 4) is 11.8 Å². The van der Waals surface area contributed by atoms with Gasteiger partial charge in [-0.3, -0.25) is 4.79 Å². The molecular formula is C23H18BrFN2O3. The van der Waals surface area contributed by atoms with Crippen LogP contribution in [-0.4, -0.2) is 5.78 Å². The SMILES string of the molecule is N#CC1=C(N)OC2=C(C(=O)CCC2)[C@H]1c1ccc(OCc2cccc(F)c2)c(Br)c1. The van der Waals surface area contributed by atoms with Crippen LogP contribution < -0.4 is 10.5 Å². The zero-order valence-corrected chi connectivity index (χ0v) is 17.5. The smallest absolute Gasteiger partial charge is 0.205 e. The summed E-state index contributed by atoms with van der Waals surface area (Å²) in [5.41, 5.74) is 8.17. The van der Waals surface area contributed by atoms with Gasteiger partial charge in [0.1, 0.15) is 35.6 Å². The molecule has 1 atom stereocenters. The molecule has 5 nitrogen and oxygen atoms in total. The van der Waals surface area contributed by atoms with Gasteiger partial charge in [0.05, 0.1) is 10.4 Å². The molecule has 4 rings (SSSR count). The molecule has 2 N–H and O–H groups in total. The first-order valence-corrected chi connectivity index (χ1v) is 10.3. The van der Waals surface area contributed by atoms with Crippen LogP contribution in [0.25, 0.3) is 0 Å². The van der Waals surface area contributed by atoms with Gasteiger partial charge in [0, 0.05) is 18.4 Å². The molecule has 0 saturated carbocycles. The molecule has 2 aromatic rings. The number of nitriles is 1. The highest BCUT2D eigenvalue weighted by atomic mass is 79.9. The van der Waals surface area contributed by atoms with E-state index in [9.17, 15) is 14.4 Å². The van der Waals surface area contributed by atoms with E-state index >= 15 is 0 Å². The first kappa shape index (κ1) is 20.2. The molecule has 0 unspecified atom stereocenters. The molecule has 2 aliphatic rings. The average Bonchev–Trinajstić information content (AvgIpc) is 2.72. The molecule has 0 spiro atoms. The van der Waals surface area contributed by atoms with Crippen molar-refractivity contribution < 1.29 is 18.7 Å². The summed E-state index contributed by atoms with van der Waals surface area (Å²) in [6.07, 6.45) is 1.75. The molecule has 0 aromatic heterocycles. The fourth-order valence-electron chi connectivity index (χ4n) is 3.79. The van der Waals surface area contributed by atoms with Crippen molar-refractivity contribution >= 4 is 21.7 Å². The summed E-state index contributed by atoms with van der Waals surface area (Å²) in [7, 11) is 0. The summed E-state index contributed by atoms with van der Waals surface area (Å²) in [5, 5.41) is 9.66. The number of ketones is 1. The number of hydrogen-bond acceptors (Lipinski definition) is 5. The van der Waals surface area contributed by atoms with Gasteiger partial charge < -0.3 is 15.2 Å². The molecule has 7 heteroatoms. The Bertz CT molecular complexity index is 1130. The van der Waals surface area contributed by atoms with Crippen LogP contribution in [0.1, 0.15) is 36.3 Å². The number of nitrogens with two attached hydrogens (primary N) is 1. The summed E-state index contributed by atoms with van der Waals surface area (Å²) in [4.78, 5) is 12.6. The van der Waals surface area contributed by atoms with E-state index in [1.807, 2.05) is 6.07 Å². The Balaban J connectivity index is 1.65. The van der Waals surface area contributed by atoms with Gasteiger partial charge in [-0.2, -0.15) is 5.26 Å². The molecular weight excluding hydrogens is 451 g/mol. The molecule has 0 amide bonds. The van der Waals surface area contributed by atoms with E-state index in [1.54, 1.807) is 24.3 Å². The van der Waals surface area contributed by atoms with Gasteiger partial charge in [0.15, 0.2) is 5.78 Å². The fourth-order valence-corrected chi connectivity index (χ4v) is 4.30. The highest BCUT2D eigenvalue weighted by Crippen LogP contribution is 2.44. The normalized spacial score (nSPS) is 18.6. The lowest BCUT2D eigenvalue weighted by Crippen LogP contribution is -2.27. The molecule has 2 aromatic carbocycles. The van der Waals surface area contributed by atoms with Crippen LogP contribution in [0.15, 0.2) is 69.7 Å². The van der Waals surface area contributed by atoms with E-state index in [4.69, 9.17) is 15.2 Å². The number of ether oxygens (including phenoxy) is 2. The van der Waals surface area contributed by atoms with Crippen LogP contribution in [0.5, 0.6) is 5.75 Å². The molecule has 1 aliphatic heterocycles. The van der Waals surface area contributed by atoms with E-state index in [2.05, 4.69) is 22.0 Å². The summed E-state index contributed by atoms with van der Waals surface area (Å²) >= 11 is 3.50. The second kappa shape index (κ2) is 8.33. The van der Waals surface area contributed by atoms with E-state index in [0.717, 1.165) is 5.56 Å². The Hall–Kier alpha value is -3.11. The first-order valence-electron chi connectivity index (χ1n) is 9.48. The van der Waals surface area contributed by atoms with Crippen LogP contribution in [-0.2, 0) is 16.1 Å². The number of carbonyl (C=O) groups excluding carboxylic acids is 1. The number of hydrogen-bond donors (Lipinski definition) is 1. The van der Waals surface area contributed by atoms with Gasteiger partial charge >= 0.3 is 0 Å². The molecule has 1 heterocycles. The Morgan fingerprint density at radius 3 is 2.83 bits per heavy atom. The van der Waals surface area contributed by atoms with Crippen molar-refractivity contribution in [2.75, 3.05) is 0 Å². The third-order valence-corrected chi connectivity index (χ3v) is 5.80. The van der Waals surface area contributed by atoms with Crippen molar-refractivity contribution in [3.63, 3.8) is 0 Å². The van der Waals surface area contributed by atoms with Crippen LogP contribution in [0.4, 0.5) is 4.39 Å². The minimum Gasteiger partial charge on any atom is -0.488 e. The van der Waals surface area contributed by atoms with Gasteiger partial charge in [0.25, 0.3) is 0 Å². The molecule has 0 saturated heterocycles. The molecule has 0 radical (unpaired) electrons. The molecule has 0 bridgehead atoms. The van der Waals surface area contributed by atoms with Crippen LogP contribution in [0, 0.1) is 17.1 Å². The van der Waals surface area contributed by atoms with E-state index in [-0.39, 0.29) is 29.7 Å². The lowest BCUT2D eigenvalue weighted by Gasteiger charge is -2.31. The highest BCUT2D eigenvalue weighted by Gasteiger charge is 2.38. The van der Waals surface area contributed by atoms with Crippen molar-refractivity contribution in [2.45, 2.75) is 31.8 Å². The number of allylic oxidation sites excluding steroid dienone is 3. The lowest BCUT2D eigenvalue weighted by molar-refractivity contribution is -0.116. The van der Waals surface area contributed by atoms with Gasteiger partial charge in [0.2, 0.25) is 5.88 Å². The quantitative estimate of drug-likeness (QED) is 0.683. The zero-order valence-electron chi connectivity index (χ0n) is 16.0. The van der Waals surface area contributed by atoms with E-state index in [1.165, 1.54) is 12.1 Å². The number of halogens is 2. The largest absolute Gasteiger partial charge is 0.488 e. The van der Waals surface area contributed by atoms with E-state index < -0.39 is 5.92 Å². The molecule has 1 aliphatic carbocycles. The third kappa shape index (κ3) is 3.83. The average molecular weight is 469 g/mol. The van der Waals surface area contributed by atoms with Crippen molar-refractivity contribution in [1.29, 1.82) is 5.26 Å². The fraction of sp³-hybridized carbons (Fsp3) is 0.217. The molecule has 152 valence electrons. The van der Waals surface area contributed by atoms with Crippen LogP contribution >= 0.6 is 15.9 Å². The lowest BCUT2D eigenvalue weighted by atomic mass is 9.77. The summed E-state index contributed by atoms with van der Waals surface area (Å²) in [6.45, 7) is 0.205. The maximum absolute atomic E-state index is 13.4. The Morgan fingerprint density at radius 1 is 1.27 bits per heavy atom. The standard InChI is InChI=1S/C23H18BrFN2O3/c24-17-10-14(7-8-19(17)29-12-13-3-1-4-15(25)9-13)21-16(11-26)23(27)30-20-6-2-5-18(28)22(20)21/h1,3-4,7-10,21H,2,5-6,12,27H2/t21-/m0/s1. The van der Waals surface area contributed by atoms with Gasteiger partial charge in [-0.25, -0.2) is 4.39 Å². The molecule has 0 fully saturated rings. The minimum absolute atomic E-state index is 0.0240. The van der Waals surface area contributed by atoms with E-state index in [0.29, 0.717) is 46.4 Å². The predicted octanol–water partition coefficient (Wildman–Crippen LogP) is 4.98. The number of rotatable bonds is 4. The topological polar surface area (TPSA) is 85.3 Å². The van der Waals surface area contributed by atoms with Crippen molar-refractivity contribution in [3.05, 3.63) is 86.7 Å². The predicted molar refractivity (Wildman–Crippen MR) is 111 cm³/mol. The number of nitrogens with zero attached hydrogens (tertiary/aromatic N) is 1. The monoisotopic (exact) mass is 468 g/mol. The number of Topliss-reactive ketones (excluding diaryl/α,β-unsaturated/α-hetero) is 1. The van der Waals surface area contributed by atoms with Gasteiger partial charge in [-0.15, -0.1) is 0 Å². The summed E-state index contributed by atoms with van der Waals surface area (Å²) < 4.78 is 25.4. The Labute approximate surface area is 181 Å². The molecule has 30 heavy (non-hydrogen) atoms. The highest BCUT2D eigenvalue weighted by molar-refractivity contribution is 9.10. The van der Waals surface area contributed by atoms with Crippen LogP contribution in [0.3, 0.4) is 0 Å². The van der Waals surface area contributed by atoms with Gasteiger partial charge in [-0.05, 0) is 57.7 Å². The Morgan fingerprint density at radius 2 is 2.10 bits per heavy atom. The Kier molecular flexibility index (Phi) is 5.60. The second-order valence-electron chi connectivity index (χ2n) is 7.15. The summed E-state index contributed by atoms with van der Waals surface area (Å²) in [5.74, 6) is 0.243. The maximum Gasteiger partial charge on any atom is 0.205 e.